The molecule has 30 heavy (non-hydrogen) atoms. The van der Waals surface area contributed by atoms with Crippen LogP contribution in [-0.2, 0) is 22.6 Å². The van der Waals surface area contributed by atoms with Crippen LogP contribution in [0.2, 0.25) is 0 Å². The van der Waals surface area contributed by atoms with Gasteiger partial charge in [-0.3, -0.25) is 14.5 Å². The number of halogens is 1. The zero-order chi connectivity index (χ0) is 20.9. The number of anilines is 1. The highest BCUT2D eigenvalue weighted by Gasteiger charge is 2.27. The quantitative estimate of drug-likeness (QED) is 0.637. The van der Waals surface area contributed by atoms with E-state index < -0.39 is 17.6 Å². The van der Waals surface area contributed by atoms with Gasteiger partial charge in [0.25, 0.3) is 0 Å². The molecular weight excluding hydrogens is 385 g/mol. The molecule has 1 unspecified atom stereocenters. The van der Waals surface area contributed by atoms with Crippen molar-refractivity contribution in [2.24, 2.45) is 0 Å². The zero-order valence-electron chi connectivity index (χ0n) is 16.3. The van der Waals surface area contributed by atoms with Crippen LogP contribution in [0.25, 0.3) is 0 Å². The predicted molar refractivity (Wildman–Crippen MR) is 110 cm³/mol. The van der Waals surface area contributed by atoms with E-state index in [0.29, 0.717) is 5.69 Å². The number of amides is 2. The smallest absolute Gasteiger partial charge is 0.313 e. The van der Waals surface area contributed by atoms with Gasteiger partial charge in [-0.05, 0) is 53.9 Å². The number of furan rings is 1. The minimum Gasteiger partial charge on any atom is -0.468 e. The van der Waals surface area contributed by atoms with Crippen LogP contribution in [0.3, 0.4) is 0 Å². The summed E-state index contributed by atoms with van der Waals surface area (Å²) in [5.41, 5.74) is 2.93. The molecule has 2 aromatic carbocycles. The fourth-order valence-corrected chi connectivity index (χ4v) is 3.66. The predicted octanol–water partition coefficient (Wildman–Crippen LogP) is 3.27. The number of nitrogens with zero attached hydrogens (tertiary/aromatic N) is 1. The van der Waals surface area contributed by atoms with Crippen molar-refractivity contribution in [3.05, 3.63) is 89.6 Å². The second-order valence-corrected chi connectivity index (χ2v) is 7.19. The summed E-state index contributed by atoms with van der Waals surface area (Å²) in [4.78, 5) is 26.7. The number of carbonyl (C=O) groups excluding carboxylic acids is 2. The normalized spacial score (nSPS) is 14.6. The second-order valence-electron chi connectivity index (χ2n) is 7.19. The van der Waals surface area contributed by atoms with Gasteiger partial charge < -0.3 is 15.1 Å². The number of rotatable bonds is 5. The first-order chi connectivity index (χ1) is 14.6. The Kier molecular flexibility index (Phi) is 5.90. The molecule has 0 aliphatic carbocycles. The van der Waals surface area contributed by atoms with Crippen LogP contribution in [0, 0.1) is 5.82 Å². The van der Waals surface area contributed by atoms with Crippen LogP contribution in [0.1, 0.15) is 22.9 Å². The highest BCUT2D eigenvalue weighted by atomic mass is 19.1. The Morgan fingerprint density at radius 3 is 2.50 bits per heavy atom. The summed E-state index contributed by atoms with van der Waals surface area (Å²) in [6, 6.07) is 17.0. The topological polar surface area (TPSA) is 74.6 Å². The number of benzene rings is 2. The van der Waals surface area contributed by atoms with Crippen molar-refractivity contribution in [1.82, 2.24) is 10.2 Å². The lowest BCUT2D eigenvalue weighted by atomic mass is 9.98. The molecule has 1 aliphatic heterocycles. The molecule has 2 N–H and O–H groups in total. The third-order valence-electron chi connectivity index (χ3n) is 5.24. The molecule has 0 radical (unpaired) electrons. The Hall–Kier alpha value is -3.45. The van der Waals surface area contributed by atoms with Gasteiger partial charge in [-0.25, -0.2) is 4.39 Å². The minimum atomic E-state index is -0.802. The molecule has 0 bridgehead atoms. The van der Waals surface area contributed by atoms with E-state index >= 15 is 0 Å². The second kappa shape index (κ2) is 8.92. The molecule has 2 heterocycles. The lowest BCUT2D eigenvalue weighted by Gasteiger charge is -2.34. The van der Waals surface area contributed by atoms with Crippen LogP contribution in [0.5, 0.6) is 0 Å². The molecule has 1 aromatic heterocycles. The van der Waals surface area contributed by atoms with Crippen LogP contribution in [-0.4, -0.2) is 29.8 Å². The number of hydrogen-bond donors (Lipinski definition) is 2. The van der Waals surface area contributed by atoms with Gasteiger partial charge in [-0.1, -0.05) is 24.3 Å². The van der Waals surface area contributed by atoms with Gasteiger partial charge in [0.1, 0.15) is 11.6 Å². The third-order valence-corrected chi connectivity index (χ3v) is 5.24. The molecule has 7 heteroatoms. The van der Waals surface area contributed by atoms with E-state index in [1.54, 1.807) is 6.26 Å². The monoisotopic (exact) mass is 407 g/mol. The summed E-state index contributed by atoms with van der Waals surface area (Å²) in [6.45, 7) is 1.78. The molecule has 2 amide bonds. The van der Waals surface area contributed by atoms with E-state index in [4.69, 9.17) is 4.42 Å². The molecule has 0 saturated carbocycles. The van der Waals surface area contributed by atoms with Crippen molar-refractivity contribution in [1.29, 1.82) is 0 Å². The van der Waals surface area contributed by atoms with E-state index in [1.807, 2.05) is 24.3 Å². The molecule has 4 rings (SSSR count). The fourth-order valence-electron chi connectivity index (χ4n) is 3.66. The van der Waals surface area contributed by atoms with E-state index in [-0.39, 0.29) is 12.6 Å². The van der Waals surface area contributed by atoms with Crippen molar-refractivity contribution in [2.75, 3.05) is 18.4 Å². The zero-order valence-corrected chi connectivity index (χ0v) is 16.3. The van der Waals surface area contributed by atoms with Crippen LogP contribution < -0.4 is 10.6 Å². The SMILES string of the molecule is O=C(NCC(c1ccco1)N1CCc2ccccc2C1)C(=O)Nc1ccc(F)cc1. The highest BCUT2D eigenvalue weighted by Crippen LogP contribution is 2.27. The van der Waals surface area contributed by atoms with Crippen molar-refractivity contribution in [3.8, 4) is 0 Å². The van der Waals surface area contributed by atoms with Crippen molar-refractivity contribution in [2.45, 2.75) is 19.0 Å². The van der Waals surface area contributed by atoms with Crippen molar-refractivity contribution in [3.63, 3.8) is 0 Å². The van der Waals surface area contributed by atoms with E-state index in [0.717, 1.165) is 25.3 Å². The Bertz CT molecular complexity index is 1020. The molecule has 1 aliphatic rings. The van der Waals surface area contributed by atoms with Crippen molar-refractivity contribution >= 4 is 17.5 Å². The number of hydrogen-bond acceptors (Lipinski definition) is 4. The summed E-state index contributed by atoms with van der Waals surface area (Å²) in [5, 5.41) is 5.16. The fraction of sp³-hybridized carbons (Fsp3) is 0.217. The highest BCUT2D eigenvalue weighted by molar-refractivity contribution is 6.39. The molecule has 0 saturated heterocycles. The summed E-state index contributed by atoms with van der Waals surface area (Å²) in [6.07, 6.45) is 2.51. The molecular formula is C23H22FN3O3. The van der Waals surface area contributed by atoms with E-state index in [9.17, 15) is 14.0 Å². The van der Waals surface area contributed by atoms with Crippen LogP contribution >= 0.6 is 0 Å². The molecule has 3 aromatic rings. The Labute approximate surface area is 173 Å². The van der Waals surface area contributed by atoms with Crippen molar-refractivity contribution < 1.29 is 18.4 Å². The Balaban J connectivity index is 1.41. The molecule has 1 atom stereocenters. The average Bonchev–Trinajstić information content (AvgIpc) is 3.30. The Morgan fingerprint density at radius 1 is 1.00 bits per heavy atom. The lowest BCUT2D eigenvalue weighted by molar-refractivity contribution is -0.136. The van der Waals surface area contributed by atoms with Crippen LogP contribution in [0.4, 0.5) is 10.1 Å². The molecule has 0 spiro atoms. The maximum Gasteiger partial charge on any atom is 0.313 e. The van der Waals surface area contributed by atoms with Gasteiger partial charge in [0.15, 0.2) is 0 Å². The lowest BCUT2D eigenvalue weighted by Crippen LogP contribution is -2.43. The maximum atomic E-state index is 13.0. The number of nitrogens with one attached hydrogen (secondary N) is 2. The Morgan fingerprint density at radius 2 is 1.77 bits per heavy atom. The van der Waals surface area contributed by atoms with Gasteiger partial charge in [0.05, 0.1) is 12.3 Å². The molecule has 0 fully saturated rings. The first kappa shape index (κ1) is 19.8. The summed E-state index contributed by atoms with van der Waals surface area (Å²) in [5.74, 6) is -1.24. The van der Waals surface area contributed by atoms with Gasteiger partial charge in [-0.2, -0.15) is 0 Å². The van der Waals surface area contributed by atoms with E-state index in [2.05, 4.69) is 27.7 Å². The van der Waals surface area contributed by atoms with Gasteiger partial charge >= 0.3 is 11.8 Å². The van der Waals surface area contributed by atoms with Gasteiger partial charge in [0.2, 0.25) is 0 Å². The number of carbonyl (C=O) groups is 2. The minimum absolute atomic E-state index is 0.198. The molecule has 6 nitrogen and oxygen atoms in total. The summed E-state index contributed by atoms with van der Waals surface area (Å²) >= 11 is 0. The first-order valence-electron chi connectivity index (χ1n) is 9.79. The number of fused-ring (bicyclic) bond motifs is 1. The summed E-state index contributed by atoms with van der Waals surface area (Å²) in [7, 11) is 0. The first-order valence-corrected chi connectivity index (χ1v) is 9.79. The van der Waals surface area contributed by atoms with Crippen LogP contribution in [0.15, 0.2) is 71.3 Å². The largest absolute Gasteiger partial charge is 0.468 e. The summed E-state index contributed by atoms with van der Waals surface area (Å²) < 4.78 is 18.6. The van der Waals surface area contributed by atoms with Gasteiger partial charge in [-0.15, -0.1) is 0 Å². The van der Waals surface area contributed by atoms with Gasteiger partial charge in [0, 0.05) is 25.3 Å². The molecule has 154 valence electrons. The average molecular weight is 407 g/mol. The maximum absolute atomic E-state index is 13.0. The van der Waals surface area contributed by atoms with E-state index in [1.165, 1.54) is 35.4 Å². The standard InChI is InChI=1S/C23H22FN3O3/c24-18-7-9-19(10-8-18)26-23(29)22(28)25-14-20(21-6-3-13-30-21)27-12-11-16-4-1-2-5-17(16)15-27/h1-10,13,20H,11-12,14-15H2,(H,25,28)(H,26,29). The third kappa shape index (κ3) is 4.58.